The van der Waals surface area contributed by atoms with E-state index < -0.39 is 0 Å². The molecule has 0 aromatic heterocycles. The average molecular weight is 376 g/mol. The molecular weight excluding hydrogens is 354 g/mol. The molecule has 0 saturated carbocycles. The Balaban J connectivity index is 1.56. The minimum Gasteiger partial charge on any atom is -0.383 e. The van der Waals surface area contributed by atoms with Crippen molar-refractivity contribution in [3.05, 3.63) is 41.4 Å². The average Bonchev–Trinajstić information content (AvgIpc) is 3.00. The highest BCUT2D eigenvalue weighted by Gasteiger charge is 2.29. The number of halogens is 1. The van der Waals surface area contributed by atoms with Gasteiger partial charge in [-0.1, -0.05) is 35.9 Å². The zero-order valence-electron chi connectivity index (χ0n) is 14.6. The molecule has 1 saturated heterocycles. The Morgan fingerprint density at radius 3 is 2.81 bits per heavy atom. The predicted molar refractivity (Wildman–Crippen MR) is 103 cm³/mol. The smallest absolute Gasteiger partial charge is 0.319 e. The van der Waals surface area contributed by atoms with Gasteiger partial charge in [0.25, 0.3) is 0 Å². The van der Waals surface area contributed by atoms with Crippen molar-refractivity contribution >= 4 is 40.0 Å². The predicted octanol–water partition coefficient (Wildman–Crippen LogP) is 3.11. The molecule has 2 N–H and O–H groups in total. The summed E-state index contributed by atoms with van der Waals surface area (Å²) in [6.07, 6.45) is 0.452. The molecule has 0 radical (unpaired) electrons. The summed E-state index contributed by atoms with van der Waals surface area (Å²) >= 11 is 6.20. The maximum Gasteiger partial charge on any atom is 0.319 e. The van der Waals surface area contributed by atoms with E-state index in [1.54, 1.807) is 24.1 Å². The number of amides is 3. The first-order valence-electron chi connectivity index (χ1n) is 8.57. The lowest BCUT2D eigenvalue weighted by atomic mass is 10.1. The van der Waals surface area contributed by atoms with Gasteiger partial charge in [-0.2, -0.15) is 0 Å². The third kappa shape index (κ3) is 4.26. The molecule has 1 heterocycles. The van der Waals surface area contributed by atoms with E-state index in [0.717, 1.165) is 10.8 Å². The van der Waals surface area contributed by atoms with Crippen LogP contribution in [0.4, 0.5) is 10.5 Å². The van der Waals surface area contributed by atoms with Crippen LogP contribution in [-0.2, 0) is 9.53 Å². The van der Waals surface area contributed by atoms with E-state index in [2.05, 4.69) is 10.6 Å². The molecule has 3 amide bonds. The summed E-state index contributed by atoms with van der Waals surface area (Å²) in [5, 5.41) is 8.14. The quantitative estimate of drug-likeness (QED) is 0.815. The van der Waals surface area contributed by atoms with Gasteiger partial charge in [0.15, 0.2) is 0 Å². The summed E-state index contributed by atoms with van der Waals surface area (Å²) in [4.78, 5) is 26.0. The van der Waals surface area contributed by atoms with Crippen LogP contribution in [0.3, 0.4) is 0 Å². The fourth-order valence-electron chi connectivity index (χ4n) is 3.18. The van der Waals surface area contributed by atoms with E-state index in [9.17, 15) is 9.59 Å². The fourth-order valence-corrected chi connectivity index (χ4v) is 3.41. The number of carbonyl (C=O) groups excluding carboxylic acids is 2. The summed E-state index contributed by atoms with van der Waals surface area (Å²) in [5.74, 6) is 0.227. The minimum absolute atomic E-state index is 0.109. The minimum atomic E-state index is -0.291. The number of rotatable bonds is 6. The van der Waals surface area contributed by atoms with Crippen LogP contribution < -0.4 is 10.6 Å². The Morgan fingerprint density at radius 2 is 2.04 bits per heavy atom. The third-order valence-electron chi connectivity index (χ3n) is 4.53. The van der Waals surface area contributed by atoms with Crippen molar-refractivity contribution in [3.8, 4) is 0 Å². The van der Waals surface area contributed by atoms with E-state index >= 15 is 0 Å². The highest BCUT2D eigenvalue weighted by Crippen LogP contribution is 2.29. The molecule has 138 valence electrons. The number of carbonyl (C=O) groups is 2. The molecule has 1 atom stereocenters. The van der Waals surface area contributed by atoms with Crippen molar-refractivity contribution in [2.24, 2.45) is 5.92 Å². The summed E-state index contributed by atoms with van der Waals surface area (Å²) in [5.41, 5.74) is 0.701. The Bertz CT molecular complexity index is 812. The zero-order valence-corrected chi connectivity index (χ0v) is 15.4. The SMILES string of the molecule is COCCN1CC(CNC(=O)Nc2ccc(Cl)c3ccccc23)CC1=O. The number of urea groups is 1. The number of hydrogen-bond acceptors (Lipinski definition) is 3. The van der Waals surface area contributed by atoms with Crippen molar-refractivity contribution in [1.29, 1.82) is 0 Å². The van der Waals surface area contributed by atoms with Crippen molar-refractivity contribution in [2.75, 3.05) is 38.7 Å². The van der Waals surface area contributed by atoms with Crippen molar-refractivity contribution in [2.45, 2.75) is 6.42 Å². The number of likely N-dealkylation sites (tertiary alicyclic amines) is 1. The second-order valence-electron chi connectivity index (χ2n) is 6.38. The Morgan fingerprint density at radius 1 is 1.27 bits per heavy atom. The van der Waals surface area contributed by atoms with Gasteiger partial charge in [0.1, 0.15) is 0 Å². The molecule has 1 aliphatic heterocycles. The summed E-state index contributed by atoms with van der Waals surface area (Å²) < 4.78 is 5.01. The monoisotopic (exact) mass is 375 g/mol. The van der Waals surface area contributed by atoms with Crippen molar-refractivity contribution in [3.63, 3.8) is 0 Å². The van der Waals surface area contributed by atoms with Gasteiger partial charge in [-0.05, 0) is 12.1 Å². The van der Waals surface area contributed by atoms with E-state index in [1.165, 1.54) is 0 Å². The number of ether oxygens (including phenoxy) is 1. The number of methoxy groups -OCH3 is 1. The van der Waals surface area contributed by atoms with Gasteiger partial charge < -0.3 is 20.3 Å². The van der Waals surface area contributed by atoms with Gasteiger partial charge in [-0.15, -0.1) is 0 Å². The van der Waals surface area contributed by atoms with Crippen LogP contribution in [0.1, 0.15) is 6.42 Å². The van der Waals surface area contributed by atoms with Crippen LogP contribution in [-0.4, -0.2) is 50.2 Å². The largest absolute Gasteiger partial charge is 0.383 e. The lowest BCUT2D eigenvalue weighted by molar-refractivity contribution is -0.128. The molecule has 3 rings (SSSR count). The fraction of sp³-hybridized carbons (Fsp3) is 0.368. The van der Waals surface area contributed by atoms with E-state index in [-0.39, 0.29) is 17.9 Å². The zero-order chi connectivity index (χ0) is 18.5. The lowest BCUT2D eigenvalue weighted by Gasteiger charge is -2.16. The van der Waals surface area contributed by atoms with Crippen molar-refractivity contribution in [1.82, 2.24) is 10.2 Å². The Kier molecular flexibility index (Phi) is 5.96. The number of nitrogens with one attached hydrogen (secondary N) is 2. The van der Waals surface area contributed by atoms with Crippen LogP contribution in [0.5, 0.6) is 0 Å². The third-order valence-corrected chi connectivity index (χ3v) is 4.86. The number of nitrogens with zero attached hydrogens (tertiary/aromatic N) is 1. The molecule has 7 heteroatoms. The van der Waals surface area contributed by atoms with Crippen LogP contribution in [0.15, 0.2) is 36.4 Å². The maximum absolute atomic E-state index is 12.3. The molecule has 1 unspecified atom stereocenters. The molecule has 1 fully saturated rings. The molecular formula is C19H22ClN3O3. The molecule has 2 aromatic rings. The van der Waals surface area contributed by atoms with Gasteiger partial charge in [0, 0.05) is 54.9 Å². The van der Waals surface area contributed by atoms with Crippen LogP contribution >= 0.6 is 11.6 Å². The Hall–Kier alpha value is -2.31. The number of benzene rings is 2. The van der Waals surface area contributed by atoms with Gasteiger partial charge in [-0.25, -0.2) is 4.79 Å². The molecule has 0 bridgehead atoms. The second-order valence-corrected chi connectivity index (χ2v) is 6.79. The number of hydrogen-bond donors (Lipinski definition) is 2. The highest BCUT2D eigenvalue weighted by atomic mass is 35.5. The molecule has 1 aliphatic rings. The number of anilines is 1. The lowest BCUT2D eigenvalue weighted by Crippen LogP contribution is -2.34. The van der Waals surface area contributed by atoms with E-state index in [1.807, 2.05) is 24.3 Å². The molecule has 2 aromatic carbocycles. The maximum atomic E-state index is 12.3. The van der Waals surface area contributed by atoms with Gasteiger partial charge in [0.2, 0.25) is 5.91 Å². The first-order valence-corrected chi connectivity index (χ1v) is 8.95. The van der Waals surface area contributed by atoms with E-state index in [0.29, 0.717) is 43.4 Å². The van der Waals surface area contributed by atoms with Gasteiger partial charge in [-0.3, -0.25) is 4.79 Å². The molecule has 0 spiro atoms. The standard InChI is InChI=1S/C19H22ClN3O3/c1-26-9-8-23-12-13(10-18(23)24)11-21-19(25)22-17-7-6-16(20)14-4-2-3-5-15(14)17/h2-7,13H,8-12H2,1H3,(H2,21,22,25). The van der Waals surface area contributed by atoms with Crippen LogP contribution in [0, 0.1) is 5.92 Å². The summed E-state index contributed by atoms with van der Waals surface area (Å²) in [6, 6.07) is 10.9. The molecule has 6 nitrogen and oxygen atoms in total. The summed E-state index contributed by atoms with van der Waals surface area (Å²) in [6.45, 7) is 2.21. The second kappa shape index (κ2) is 8.38. The van der Waals surface area contributed by atoms with E-state index in [4.69, 9.17) is 16.3 Å². The normalized spacial score (nSPS) is 16.9. The van der Waals surface area contributed by atoms with Crippen LogP contribution in [0.25, 0.3) is 10.8 Å². The highest BCUT2D eigenvalue weighted by molar-refractivity contribution is 6.36. The molecule has 26 heavy (non-hydrogen) atoms. The van der Waals surface area contributed by atoms with Gasteiger partial charge in [0.05, 0.1) is 12.3 Å². The Labute approximate surface area is 157 Å². The van der Waals surface area contributed by atoms with Crippen LogP contribution in [0.2, 0.25) is 5.02 Å². The first-order chi connectivity index (χ1) is 12.6. The topological polar surface area (TPSA) is 70.7 Å². The van der Waals surface area contributed by atoms with Gasteiger partial charge >= 0.3 is 6.03 Å². The molecule has 0 aliphatic carbocycles. The van der Waals surface area contributed by atoms with Crippen molar-refractivity contribution < 1.29 is 14.3 Å². The summed E-state index contributed by atoms with van der Waals surface area (Å²) in [7, 11) is 1.62. The first kappa shape index (κ1) is 18.5. The number of fused-ring (bicyclic) bond motifs is 1.